The van der Waals surface area contributed by atoms with Gasteiger partial charge in [0.1, 0.15) is 28.7 Å². The summed E-state index contributed by atoms with van der Waals surface area (Å²) < 4.78 is 5.80. The second kappa shape index (κ2) is 18.0. The van der Waals surface area contributed by atoms with E-state index in [2.05, 4.69) is 49.1 Å². The average molecular weight is 843 g/mol. The first-order valence-corrected chi connectivity index (χ1v) is 21.6. The van der Waals surface area contributed by atoms with Crippen molar-refractivity contribution in [3.63, 3.8) is 0 Å². The van der Waals surface area contributed by atoms with Crippen molar-refractivity contribution in [3.05, 3.63) is 102 Å². The van der Waals surface area contributed by atoms with Crippen LogP contribution >= 0.6 is 11.3 Å². The van der Waals surface area contributed by atoms with Crippen molar-refractivity contribution < 1.29 is 23.9 Å². The quantitative estimate of drug-likeness (QED) is 0.0836. The number of imidazole rings is 2. The van der Waals surface area contributed by atoms with Crippen LogP contribution in [0.15, 0.2) is 85.2 Å². The van der Waals surface area contributed by atoms with Crippen LogP contribution < -0.4 is 16.0 Å². The van der Waals surface area contributed by atoms with Crippen LogP contribution in [-0.4, -0.2) is 91.4 Å². The van der Waals surface area contributed by atoms with Crippen LogP contribution in [0, 0.1) is 5.92 Å². The number of nitrogens with zero attached hydrogens (tertiary/aromatic N) is 5. The van der Waals surface area contributed by atoms with Crippen LogP contribution in [0.5, 0.6) is 0 Å². The minimum atomic E-state index is -0.824. The summed E-state index contributed by atoms with van der Waals surface area (Å²) in [6, 6.07) is 21.3. The number of urea groups is 1. The standard InChI is InChI=1S/C45H50N10O5S/c1-5-46-44(58)52-38(28-11-7-6-8-12-28)43(57)55-22-10-14-35(55)40-48-25-33(50-40)30-19-20-31-36(23-30)61-41(51-31)29-17-15-27(16-18-29)32-24-47-39(49-32)34-13-9-21-54(34)42(56)37(26(2)3)53-45(59)60-4/h6-8,11-12,15-20,23-26,34-35,37-38H,5,9-10,13-14,21-22H2,1-4H3,(H,47,49)(H,48,50)(H,53,59)(H2,46,52,58). The first kappa shape index (κ1) is 41.2. The predicted molar refractivity (Wildman–Crippen MR) is 233 cm³/mol. The van der Waals surface area contributed by atoms with Gasteiger partial charge in [-0.15, -0.1) is 11.3 Å². The molecule has 0 radical (unpaired) electrons. The number of aromatic amines is 2. The van der Waals surface area contributed by atoms with Crippen LogP contribution in [0.2, 0.25) is 0 Å². The number of nitrogens with one attached hydrogen (secondary N) is 5. The summed E-state index contributed by atoms with van der Waals surface area (Å²) in [6.07, 6.45) is 6.19. The topological polar surface area (TPSA) is 190 Å². The van der Waals surface area contributed by atoms with Gasteiger partial charge in [-0.25, -0.2) is 24.5 Å². The molecule has 0 saturated carbocycles. The van der Waals surface area contributed by atoms with E-state index in [1.807, 2.05) is 86.5 Å². The Hall–Kier alpha value is -6.55. The molecular formula is C45H50N10O5S. The van der Waals surface area contributed by atoms with Gasteiger partial charge in [-0.3, -0.25) is 9.59 Å². The van der Waals surface area contributed by atoms with Gasteiger partial charge in [0.25, 0.3) is 0 Å². The molecule has 0 spiro atoms. The van der Waals surface area contributed by atoms with Crippen molar-refractivity contribution in [1.29, 1.82) is 0 Å². The van der Waals surface area contributed by atoms with Gasteiger partial charge in [-0.05, 0) is 61.8 Å². The molecule has 15 nitrogen and oxygen atoms in total. The molecule has 2 aliphatic heterocycles. The lowest BCUT2D eigenvalue weighted by molar-refractivity contribution is -0.135. The van der Waals surface area contributed by atoms with Crippen molar-refractivity contribution in [3.8, 4) is 33.1 Å². The number of methoxy groups -OCH3 is 1. The first-order valence-electron chi connectivity index (χ1n) is 20.8. The van der Waals surface area contributed by atoms with Gasteiger partial charge in [0.15, 0.2) is 0 Å². The third-order valence-electron chi connectivity index (χ3n) is 11.4. The number of alkyl carbamates (subject to hydrolysis) is 1. The Labute approximate surface area is 357 Å². The number of ether oxygens (including phenoxy) is 1. The molecule has 5 heterocycles. The molecular weight excluding hydrogens is 793 g/mol. The highest BCUT2D eigenvalue weighted by Gasteiger charge is 2.38. The van der Waals surface area contributed by atoms with Gasteiger partial charge in [-0.2, -0.15) is 0 Å². The van der Waals surface area contributed by atoms with Gasteiger partial charge >= 0.3 is 12.1 Å². The molecule has 2 saturated heterocycles. The summed E-state index contributed by atoms with van der Waals surface area (Å²) in [5.74, 6) is 0.999. The lowest BCUT2D eigenvalue weighted by Gasteiger charge is -2.30. The number of benzene rings is 3. The number of carbonyl (C=O) groups is 4. The van der Waals surface area contributed by atoms with E-state index >= 15 is 0 Å². The summed E-state index contributed by atoms with van der Waals surface area (Å²) in [7, 11) is 1.29. The zero-order chi connectivity index (χ0) is 42.6. The number of hydrogen-bond acceptors (Lipinski definition) is 9. The molecule has 5 N–H and O–H groups in total. The smallest absolute Gasteiger partial charge is 0.407 e. The minimum absolute atomic E-state index is 0.111. The Morgan fingerprint density at radius 2 is 1.41 bits per heavy atom. The average Bonchev–Trinajstić information content (AvgIpc) is 4.13. The number of carbonyl (C=O) groups excluding carboxylic acids is 4. The molecule has 3 aromatic carbocycles. The predicted octanol–water partition coefficient (Wildman–Crippen LogP) is 7.51. The molecule has 6 aromatic rings. The van der Waals surface area contributed by atoms with E-state index in [-0.39, 0.29) is 35.8 Å². The number of thiazole rings is 1. The Morgan fingerprint density at radius 3 is 2.03 bits per heavy atom. The molecule has 5 amide bonds. The summed E-state index contributed by atoms with van der Waals surface area (Å²) in [4.78, 5) is 77.2. The summed E-state index contributed by atoms with van der Waals surface area (Å²) in [5.41, 5.74) is 6.21. The normalized spacial score (nSPS) is 17.4. The van der Waals surface area contributed by atoms with Crippen molar-refractivity contribution >= 4 is 45.5 Å². The van der Waals surface area contributed by atoms with Crippen LogP contribution in [-0.2, 0) is 14.3 Å². The molecule has 8 rings (SSSR count). The first-order chi connectivity index (χ1) is 29.6. The summed E-state index contributed by atoms with van der Waals surface area (Å²) in [5, 5.41) is 9.21. The molecule has 3 aromatic heterocycles. The van der Waals surface area contributed by atoms with Crippen molar-refractivity contribution in [2.75, 3.05) is 26.7 Å². The zero-order valence-corrected chi connectivity index (χ0v) is 35.4. The van der Waals surface area contributed by atoms with Crippen molar-refractivity contribution in [2.24, 2.45) is 5.92 Å². The van der Waals surface area contributed by atoms with Gasteiger partial charge in [0, 0.05) is 30.8 Å². The maximum atomic E-state index is 14.1. The van der Waals surface area contributed by atoms with Crippen LogP contribution in [0.3, 0.4) is 0 Å². The summed E-state index contributed by atoms with van der Waals surface area (Å²) >= 11 is 1.61. The fourth-order valence-electron chi connectivity index (χ4n) is 8.26. The van der Waals surface area contributed by atoms with Crippen LogP contribution in [0.4, 0.5) is 9.59 Å². The number of hydrogen-bond donors (Lipinski definition) is 5. The Morgan fingerprint density at radius 1 is 0.803 bits per heavy atom. The maximum Gasteiger partial charge on any atom is 0.407 e. The van der Waals surface area contributed by atoms with Gasteiger partial charge in [0.05, 0.1) is 53.2 Å². The maximum absolute atomic E-state index is 14.1. The number of aromatic nitrogens is 5. The number of H-pyrrole nitrogens is 2. The number of rotatable bonds is 12. The van der Waals surface area contributed by atoms with Crippen molar-refractivity contribution in [1.82, 2.24) is 50.7 Å². The molecule has 0 bridgehead atoms. The molecule has 16 heteroatoms. The highest BCUT2D eigenvalue weighted by atomic mass is 32.1. The van der Waals surface area contributed by atoms with Gasteiger partial charge in [0.2, 0.25) is 11.8 Å². The minimum Gasteiger partial charge on any atom is -0.453 e. The largest absolute Gasteiger partial charge is 0.453 e. The molecule has 61 heavy (non-hydrogen) atoms. The Kier molecular flexibility index (Phi) is 12.1. The molecule has 316 valence electrons. The number of likely N-dealkylation sites (tertiary alicyclic amines) is 2. The molecule has 2 aliphatic rings. The van der Waals surface area contributed by atoms with E-state index in [9.17, 15) is 19.2 Å². The SMILES string of the molecule is CCNC(=O)NC(C(=O)N1CCCC1c1ncc(-c2ccc3nc(-c4ccc(-c5cnc(C6CCCN6C(=O)C(NC(=O)OC)C(C)C)[nH]5)cc4)sc3c2)[nH]1)c1ccccc1. The lowest BCUT2D eigenvalue weighted by Crippen LogP contribution is -2.51. The molecule has 4 atom stereocenters. The van der Waals surface area contributed by atoms with E-state index < -0.39 is 18.2 Å². The number of amides is 5. The fraction of sp³-hybridized carbons (Fsp3) is 0.356. The lowest BCUT2D eigenvalue weighted by atomic mass is 10.0. The van der Waals surface area contributed by atoms with Crippen LogP contribution in [0.1, 0.15) is 81.8 Å². The summed E-state index contributed by atoms with van der Waals surface area (Å²) in [6.45, 7) is 7.24. The van der Waals surface area contributed by atoms with E-state index in [1.165, 1.54) is 7.11 Å². The highest BCUT2D eigenvalue weighted by Crippen LogP contribution is 2.37. The molecule has 0 aliphatic carbocycles. The fourth-order valence-corrected chi connectivity index (χ4v) is 9.27. The molecule has 4 unspecified atom stereocenters. The molecule has 2 fully saturated rings. The number of fused-ring (bicyclic) bond motifs is 1. The van der Waals surface area contributed by atoms with E-state index in [4.69, 9.17) is 14.7 Å². The second-order valence-electron chi connectivity index (χ2n) is 15.7. The van der Waals surface area contributed by atoms with E-state index in [1.54, 1.807) is 22.4 Å². The third-order valence-corrected chi connectivity index (χ3v) is 12.5. The monoisotopic (exact) mass is 842 g/mol. The van der Waals surface area contributed by atoms with Crippen molar-refractivity contribution in [2.45, 2.75) is 70.6 Å². The van der Waals surface area contributed by atoms with Gasteiger partial charge in [-0.1, -0.05) is 74.5 Å². The van der Waals surface area contributed by atoms with E-state index in [0.717, 1.165) is 74.5 Å². The Bertz CT molecular complexity index is 2520. The zero-order valence-electron chi connectivity index (χ0n) is 34.6. The van der Waals surface area contributed by atoms with Crippen LogP contribution in [0.25, 0.3) is 43.3 Å². The third kappa shape index (κ3) is 8.71. The van der Waals surface area contributed by atoms with Gasteiger partial charge < -0.3 is 40.5 Å². The highest BCUT2D eigenvalue weighted by molar-refractivity contribution is 7.21. The van der Waals surface area contributed by atoms with E-state index in [0.29, 0.717) is 31.3 Å². The Balaban J connectivity index is 0.951. The second-order valence-corrected chi connectivity index (χ2v) is 16.8.